The highest BCUT2D eigenvalue weighted by Crippen LogP contribution is 2.28. The highest BCUT2D eigenvalue weighted by atomic mass is 16.2. The Hall–Kier alpha value is -3.28. The first-order valence-electron chi connectivity index (χ1n) is 9.15. The van der Waals surface area contributed by atoms with E-state index < -0.39 is 0 Å². The molecule has 0 unspecified atom stereocenters. The Labute approximate surface area is 157 Å². The highest BCUT2D eigenvalue weighted by molar-refractivity contribution is 5.89. The van der Waals surface area contributed by atoms with Gasteiger partial charge in [-0.15, -0.1) is 0 Å². The fraction of sp³-hybridized carbons (Fsp3) is 0.238. The van der Waals surface area contributed by atoms with E-state index in [-0.39, 0.29) is 18.5 Å². The fourth-order valence-electron chi connectivity index (χ4n) is 3.48. The van der Waals surface area contributed by atoms with E-state index in [1.54, 1.807) is 4.90 Å². The molecule has 0 aliphatic carbocycles. The highest BCUT2D eigenvalue weighted by Gasteiger charge is 2.19. The van der Waals surface area contributed by atoms with Gasteiger partial charge in [0.25, 0.3) is 0 Å². The number of hydrogen-bond acceptors (Lipinski definition) is 2. The van der Waals surface area contributed by atoms with Gasteiger partial charge in [0, 0.05) is 42.8 Å². The Morgan fingerprint density at radius 3 is 2.63 bits per heavy atom. The maximum atomic E-state index is 12.5. The summed E-state index contributed by atoms with van der Waals surface area (Å²) in [7, 11) is 0. The van der Waals surface area contributed by atoms with Crippen LogP contribution in [0.2, 0.25) is 0 Å². The van der Waals surface area contributed by atoms with Crippen LogP contribution in [0.5, 0.6) is 0 Å². The molecule has 2 aromatic carbocycles. The quantitative estimate of drug-likeness (QED) is 0.707. The van der Waals surface area contributed by atoms with E-state index in [4.69, 9.17) is 0 Å². The maximum absolute atomic E-state index is 12.5. The zero-order valence-corrected chi connectivity index (χ0v) is 15.0. The third-order valence-corrected chi connectivity index (χ3v) is 4.83. The number of urea groups is 1. The van der Waals surface area contributed by atoms with Crippen LogP contribution >= 0.6 is 0 Å². The Balaban J connectivity index is 1.50. The molecule has 0 spiro atoms. The van der Waals surface area contributed by atoms with E-state index in [0.29, 0.717) is 26.2 Å². The molecule has 6 heteroatoms. The predicted octanol–water partition coefficient (Wildman–Crippen LogP) is 2.45. The summed E-state index contributed by atoms with van der Waals surface area (Å²) < 4.78 is 2.04. The number of nitrogens with one attached hydrogen (secondary N) is 2. The van der Waals surface area contributed by atoms with Gasteiger partial charge in [-0.2, -0.15) is 0 Å². The minimum atomic E-state index is -0.0629. The van der Waals surface area contributed by atoms with Crippen LogP contribution in [0.4, 0.5) is 4.79 Å². The molecular weight excluding hydrogens is 340 g/mol. The van der Waals surface area contributed by atoms with E-state index in [2.05, 4.69) is 34.9 Å². The number of carbonyl (C=O) groups excluding carboxylic acids is 2. The molecule has 138 valence electrons. The summed E-state index contributed by atoms with van der Waals surface area (Å²) in [4.78, 5) is 25.8. The van der Waals surface area contributed by atoms with Gasteiger partial charge in [0.1, 0.15) is 6.54 Å². The summed E-state index contributed by atoms with van der Waals surface area (Å²) in [6.07, 6.45) is 0. The SMILES string of the molecule is O=C(Cn1c(-c2ccccc2)cc2ccccc21)NCCN1CCNC1=O. The Kier molecular flexibility index (Phi) is 4.78. The van der Waals surface area contributed by atoms with Crippen LogP contribution in [0.25, 0.3) is 22.2 Å². The van der Waals surface area contributed by atoms with Crippen molar-refractivity contribution in [2.24, 2.45) is 0 Å². The van der Waals surface area contributed by atoms with E-state index >= 15 is 0 Å². The molecule has 4 rings (SSSR count). The van der Waals surface area contributed by atoms with Crippen molar-refractivity contribution in [3.05, 3.63) is 60.7 Å². The summed E-state index contributed by atoms with van der Waals surface area (Å²) in [5.41, 5.74) is 3.13. The number of aromatic nitrogens is 1. The molecular formula is C21H22N4O2. The normalized spacial score (nSPS) is 13.8. The summed E-state index contributed by atoms with van der Waals surface area (Å²) in [5, 5.41) is 6.80. The molecule has 3 amide bonds. The molecule has 27 heavy (non-hydrogen) atoms. The van der Waals surface area contributed by atoms with Gasteiger partial charge < -0.3 is 20.1 Å². The van der Waals surface area contributed by atoms with Crippen molar-refractivity contribution < 1.29 is 9.59 Å². The second-order valence-corrected chi connectivity index (χ2v) is 6.61. The monoisotopic (exact) mass is 362 g/mol. The summed E-state index contributed by atoms with van der Waals surface area (Å²) >= 11 is 0. The fourth-order valence-corrected chi connectivity index (χ4v) is 3.48. The molecule has 0 radical (unpaired) electrons. The Morgan fingerprint density at radius 1 is 1.07 bits per heavy atom. The van der Waals surface area contributed by atoms with Crippen molar-refractivity contribution in [1.82, 2.24) is 20.1 Å². The zero-order valence-electron chi connectivity index (χ0n) is 15.0. The molecule has 0 saturated carbocycles. The van der Waals surface area contributed by atoms with Crippen molar-refractivity contribution in [1.29, 1.82) is 0 Å². The number of para-hydroxylation sites is 1. The molecule has 0 bridgehead atoms. The number of fused-ring (bicyclic) bond motifs is 1. The topological polar surface area (TPSA) is 66.4 Å². The van der Waals surface area contributed by atoms with Crippen molar-refractivity contribution in [2.45, 2.75) is 6.54 Å². The van der Waals surface area contributed by atoms with Crippen molar-refractivity contribution in [3.63, 3.8) is 0 Å². The minimum Gasteiger partial charge on any atom is -0.353 e. The first kappa shape index (κ1) is 17.1. The van der Waals surface area contributed by atoms with Crippen LogP contribution in [0.3, 0.4) is 0 Å². The smallest absolute Gasteiger partial charge is 0.317 e. The standard InChI is InChI=1S/C21H22N4O2/c26-20(22-10-12-24-13-11-23-21(24)27)15-25-18-9-5-4-8-17(18)14-19(25)16-6-2-1-3-7-16/h1-9,14H,10-13,15H2,(H,22,26)(H,23,27). The van der Waals surface area contributed by atoms with E-state index in [1.807, 2.05) is 41.0 Å². The van der Waals surface area contributed by atoms with Crippen LogP contribution in [-0.2, 0) is 11.3 Å². The number of rotatable bonds is 6. The number of nitrogens with zero attached hydrogens (tertiary/aromatic N) is 2. The lowest BCUT2D eigenvalue weighted by molar-refractivity contribution is -0.121. The van der Waals surface area contributed by atoms with Crippen LogP contribution in [0, 0.1) is 0 Å². The second-order valence-electron chi connectivity index (χ2n) is 6.61. The molecule has 1 aliphatic rings. The summed E-state index contributed by atoms with van der Waals surface area (Å²) in [5.74, 6) is -0.0619. The van der Waals surface area contributed by atoms with E-state index in [9.17, 15) is 9.59 Å². The zero-order chi connectivity index (χ0) is 18.6. The summed E-state index contributed by atoms with van der Waals surface area (Å²) in [6, 6.07) is 20.2. The van der Waals surface area contributed by atoms with Gasteiger partial charge in [0.15, 0.2) is 0 Å². The second kappa shape index (κ2) is 7.53. The number of hydrogen-bond donors (Lipinski definition) is 2. The molecule has 6 nitrogen and oxygen atoms in total. The average molecular weight is 362 g/mol. The number of benzene rings is 2. The van der Waals surface area contributed by atoms with E-state index in [1.165, 1.54) is 0 Å². The minimum absolute atomic E-state index is 0.0619. The predicted molar refractivity (Wildman–Crippen MR) is 105 cm³/mol. The van der Waals surface area contributed by atoms with Crippen LogP contribution in [0.1, 0.15) is 0 Å². The summed E-state index contributed by atoms with van der Waals surface area (Å²) in [6.45, 7) is 2.57. The van der Waals surface area contributed by atoms with Crippen LogP contribution in [0.15, 0.2) is 60.7 Å². The molecule has 1 fully saturated rings. The Bertz CT molecular complexity index is 965. The van der Waals surface area contributed by atoms with Crippen molar-refractivity contribution in [2.75, 3.05) is 26.2 Å². The van der Waals surface area contributed by atoms with Crippen LogP contribution < -0.4 is 10.6 Å². The van der Waals surface area contributed by atoms with Gasteiger partial charge in [-0.1, -0.05) is 48.5 Å². The molecule has 2 heterocycles. The lowest BCUT2D eigenvalue weighted by Crippen LogP contribution is -2.37. The lowest BCUT2D eigenvalue weighted by atomic mass is 10.1. The third kappa shape index (κ3) is 3.65. The first-order valence-corrected chi connectivity index (χ1v) is 9.15. The van der Waals surface area contributed by atoms with Crippen LogP contribution in [-0.4, -0.2) is 47.6 Å². The van der Waals surface area contributed by atoms with Gasteiger partial charge in [0.2, 0.25) is 5.91 Å². The first-order chi connectivity index (χ1) is 13.2. The third-order valence-electron chi connectivity index (χ3n) is 4.83. The van der Waals surface area contributed by atoms with Gasteiger partial charge in [-0.25, -0.2) is 4.79 Å². The molecule has 3 aromatic rings. The molecule has 2 N–H and O–H groups in total. The van der Waals surface area contributed by atoms with Gasteiger partial charge in [-0.3, -0.25) is 4.79 Å². The lowest BCUT2D eigenvalue weighted by Gasteiger charge is -2.15. The Morgan fingerprint density at radius 2 is 1.85 bits per heavy atom. The molecule has 1 aromatic heterocycles. The molecule has 1 aliphatic heterocycles. The maximum Gasteiger partial charge on any atom is 0.317 e. The average Bonchev–Trinajstić information content (AvgIpc) is 3.26. The van der Waals surface area contributed by atoms with Crippen molar-refractivity contribution in [3.8, 4) is 11.3 Å². The van der Waals surface area contributed by atoms with Gasteiger partial charge in [0.05, 0.1) is 0 Å². The number of amides is 3. The number of carbonyl (C=O) groups is 2. The van der Waals surface area contributed by atoms with Gasteiger partial charge >= 0.3 is 6.03 Å². The van der Waals surface area contributed by atoms with E-state index in [0.717, 1.165) is 22.2 Å². The van der Waals surface area contributed by atoms with Gasteiger partial charge in [-0.05, 0) is 17.7 Å². The largest absolute Gasteiger partial charge is 0.353 e. The van der Waals surface area contributed by atoms with Crippen molar-refractivity contribution >= 4 is 22.8 Å². The molecule has 0 atom stereocenters. The molecule has 1 saturated heterocycles.